The summed E-state index contributed by atoms with van der Waals surface area (Å²) in [5, 5.41) is 6.61. The predicted molar refractivity (Wildman–Crippen MR) is 167 cm³/mol. The summed E-state index contributed by atoms with van der Waals surface area (Å²) in [6, 6.07) is 5.70. The molecule has 1 aliphatic carbocycles. The number of carbonyl (C=O) groups excluding carboxylic acids is 5. The molecule has 0 radical (unpaired) electrons. The standard InChI is InChI=1S/C34H46N4O7/c1-6-21-16-27(39)34(21,5)37-29(40)26-17-22-19-38(26)30(41)28(33(2,3)4)36-32(43)44-15-10-8-7-9-12-20-13-11-14-24-23(20)18-25(35-24)31(42)45-22/h11,13-14,18,21-22,26,28,35H,6-10,12,15-17,19H2,1-5H3,(H,36,43)(H,37,40)/t21-,22-,26+,28-,34-/m1/s1. The van der Waals surface area contributed by atoms with Gasteiger partial charge in [-0.25, -0.2) is 9.59 Å². The number of aryl methyl sites for hydroxylation is 1. The number of hydrogen-bond acceptors (Lipinski definition) is 7. The van der Waals surface area contributed by atoms with E-state index in [0.717, 1.165) is 48.6 Å². The Morgan fingerprint density at radius 1 is 1.11 bits per heavy atom. The Hall–Kier alpha value is -3.89. The molecule has 5 atom stereocenters. The number of amides is 3. The first kappa shape index (κ1) is 32.5. The van der Waals surface area contributed by atoms with E-state index in [-0.39, 0.29) is 31.3 Å². The molecule has 11 heteroatoms. The maximum atomic E-state index is 14.2. The molecule has 1 aromatic heterocycles. The molecule has 0 unspecified atom stereocenters. The molecule has 2 aliphatic heterocycles. The van der Waals surface area contributed by atoms with Crippen LogP contribution in [0.25, 0.3) is 10.9 Å². The van der Waals surface area contributed by atoms with E-state index in [1.807, 2.05) is 39.8 Å². The van der Waals surface area contributed by atoms with Gasteiger partial charge in [0.2, 0.25) is 11.8 Å². The molecule has 11 nitrogen and oxygen atoms in total. The topological polar surface area (TPSA) is 147 Å². The highest BCUT2D eigenvalue weighted by atomic mass is 16.6. The molecule has 244 valence electrons. The average Bonchev–Trinajstić information content (AvgIpc) is 3.62. The van der Waals surface area contributed by atoms with Gasteiger partial charge in [-0.3, -0.25) is 14.4 Å². The summed E-state index contributed by atoms with van der Waals surface area (Å²) in [6.07, 6.45) is 3.99. The third-order valence-corrected chi connectivity index (χ3v) is 9.75. The van der Waals surface area contributed by atoms with E-state index in [0.29, 0.717) is 18.5 Å². The largest absolute Gasteiger partial charge is 0.456 e. The van der Waals surface area contributed by atoms with Gasteiger partial charge in [0.1, 0.15) is 23.9 Å². The molecule has 3 aliphatic rings. The summed E-state index contributed by atoms with van der Waals surface area (Å²) in [5.74, 6) is -1.61. The van der Waals surface area contributed by atoms with Crippen LogP contribution in [0.1, 0.15) is 95.6 Å². The lowest BCUT2D eigenvalue weighted by Gasteiger charge is -2.46. The lowest BCUT2D eigenvalue weighted by Crippen LogP contribution is -2.67. The molecule has 2 aromatic rings. The van der Waals surface area contributed by atoms with Crippen molar-refractivity contribution in [3.63, 3.8) is 0 Å². The number of alkyl carbamates (subject to hydrolysis) is 1. The lowest BCUT2D eigenvalue weighted by molar-refractivity contribution is -0.147. The van der Waals surface area contributed by atoms with Gasteiger partial charge in [0.05, 0.1) is 18.7 Å². The number of cyclic esters (lactones) is 1. The van der Waals surface area contributed by atoms with E-state index in [1.54, 1.807) is 13.0 Å². The van der Waals surface area contributed by atoms with Crippen molar-refractivity contribution in [3.8, 4) is 0 Å². The number of ether oxygens (including phenoxy) is 2. The maximum Gasteiger partial charge on any atom is 0.407 e. The van der Waals surface area contributed by atoms with Gasteiger partial charge >= 0.3 is 12.1 Å². The molecule has 1 saturated heterocycles. The Kier molecular flexibility index (Phi) is 9.28. The van der Waals surface area contributed by atoms with Gasteiger partial charge < -0.3 is 30.0 Å². The summed E-state index contributed by atoms with van der Waals surface area (Å²) in [5.41, 5.74) is 0.509. The quantitative estimate of drug-likeness (QED) is 0.429. The highest BCUT2D eigenvalue weighted by Crippen LogP contribution is 2.38. The molecule has 2 fully saturated rings. The summed E-state index contributed by atoms with van der Waals surface area (Å²) >= 11 is 0. The van der Waals surface area contributed by atoms with Gasteiger partial charge in [0.25, 0.3) is 0 Å². The molecule has 1 saturated carbocycles. The fourth-order valence-corrected chi connectivity index (χ4v) is 6.85. The number of rotatable bonds is 3. The number of nitrogens with zero attached hydrogens (tertiary/aromatic N) is 1. The first-order chi connectivity index (χ1) is 21.3. The first-order valence-corrected chi connectivity index (χ1v) is 16.2. The Balaban J connectivity index is 1.45. The van der Waals surface area contributed by atoms with Crippen molar-refractivity contribution in [3.05, 3.63) is 35.5 Å². The van der Waals surface area contributed by atoms with E-state index in [4.69, 9.17) is 9.47 Å². The van der Waals surface area contributed by atoms with Gasteiger partial charge in [-0.05, 0) is 55.2 Å². The highest BCUT2D eigenvalue weighted by molar-refractivity contribution is 6.00. The number of H-pyrrole nitrogens is 1. The Labute approximate surface area is 264 Å². The van der Waals surface area contributed by atoms with Crippen LogP contribution in [0.4, 0.5) is 4.79 Å². The second-order valence-electron chi connectivity index (χ2n) is 14.0. The van der Waals surface area contributed by atoms with Gasteiger partial charge in [-0.1, -0.05) is 59.1 Å². The average molecular weight is 623 g/mol. The number of aromatic amines is 1. The zero-order chi connectivity index (χ0) is 32.5. The molecule has 45 heavy (non-hydrogen) atoms. The lowest BCUT2D eigenvalue weighted by atomic mass is 9.65. The fourth-order valence-electron chi connectivity index (χ4n) is 6.85. The number of aromatic nitrogens is 1. The smallest absolute Gasteiger partial charge is 0.407 e. The van der Waals surface area contributed by atoms with Crippen molar-refractivity contribution in [2.24, 2.45) is 11.3 Å². The highest BCUT2D eigenvalue weighted by Gasteiger charge is 2.53. The van der Waals surface area contributed by atoms with Crippen LogP contribution in [0.5, 0.6) is 0 Å². The summed E-state index contributed by atoms with van der Waals surface area (Å²) in [6.45, 7) is 9.34. The Morgan fingerprint density at radius 3 is 2.58 bits per heavy atom. The van der Waals surface area contributed by atoms with E-state index >= 15 is 0 Å². The van der Waals surface area contributed by atoms with Crippen molar-refractivity contribution in [2.75, 3.05) is 13.2 Å². The molecule has 3 N–H and O–H groups in total. The summed E-state index contributed by atoms with van der Waals surface area (Å²) < 4.78 is 11.4. The number of fused-ring (bicyclic) bond motifs is 3. The van der Waals surface area contributed by atoms with E-state index in [2.05, 4.69) is 21.7 Å². The first-order valence-electron chi connectivity index (χ1n) is 16.2. The third kappa shape index (κ3) is 6.72. The number of ketones is 1. The van der Waals surface area contributed by atoms with Crippen molar-refractivity contribution in [2.45, 2.75) is 110 Å². The minimum Gasteiger partial charge on any atom is -0.456 e. The second-order valence-corrected chi connectivity index (χ2v) is 14.0. The van der Waals surface area contributed by atoms with Crippen LogP contribution in [-0.2, 0) is 30.3 Å². The third-order valence-electron chi connectivity index (χ3n) is 9.75. The van der Waals surface area contributed by atoms with E-state index < -0.39 is 53.0 Å². The van der Waals surface area contributed by atoms with Crippen molar-refractivity contribution < 1.29 is 33.4 Å². The van der Waals surface area contributed by atoms with Gasteiger partial charge in [-0.2, -0.15) is 0 Å². The van der Waals surface area contributed by atoms with Crippen LogP contribution in [0.15, 0.2) is 24.3 Å². The molecular formula is C34H46N4O7. The van der Waals surface area contributed by atoms with Crippen LogP contribution in [0, 0.1) is 11.3 Å². The Morgan fingerprint density at radius 2 is 1.87 bits per heavy atom. The molecular weight excluding hydrogens is 576 g/mol. The number of nitrogens with one attached hydrogen (secondary N) is 3. The van der Waals surface area contributed by atoms with Gasteiger partial charge in [0.15, 0.2) is 5.78 Å². The number of esters is 1. The van der Waals surface area contributed by atoms with E-state index in [9.17, 15) is 24.0 Å². The molecule has 3 amide bonds. The van der Waals surface area contributed by atoms with Crippen molar-refractivity contribution in [1.29, 1.82) is 0 Å². The van der Waals surface area contributed by atoms with Crippen molar-refractivity contribution >= 4 is 40.6 Å². The minimum absolute atomic E-state index is 0.00478. The monoisotopic (exact) mass is 622 g/mol. The zero-order valence-electron chi connectivity index (χ0n) is 27.0. The normalized spacial score (nSPS) is 28.7. The van der Waals surface area contributed by atoms with Crippen LogP contribution in [0.3, 0.4) is 0 Å². The summed E-state index contributed by atoms with van der Waals surface area (Å²) in [4.78, 5) is 71.4. The van der Waals surface area contributed by atoms with E-state index in [1.165, 1.54) is 4.90 Å². The summed E-state index contributed by atoms with van der Waals surface area (Å²) in [7, 11) is 0. The molecule has 4 bridgehead atoms. The van der Waals surface area contributed by atoms with Crippen LogP contribution < -0.4 is 10.6 Å². The fraction of sp³-hybridized carbons (Fsp3) is 0.618. The number of Topliss-reactive ketones (excluding diaryl/α,β-unsaturated/α-hetero) is 1. The van der Waals surface area contributed by atoms with Crippen LogP contribution in [0.2, 0.25) is 0 Å². The molecule has 5 rings (SSSR count). The predicted octanol–water partition coefficient (Wildman–Crippen LogP) is 4.43. The molecule has 3 heterocycles. The van der Waals surface area contributed by atoms with Crippen molar-refractivity contribution in [1.82, 2.24) is 20.5 Å². The minimum atomic E-state index is -1.02. The zero-order valence-corrected chi connectivity index (χ0v) is 27.0. The number of hydrogen-bond donors (Lipinski definition) is 3. The van der Waals surface area contributed by atoms with Crippen LogP contribution in [-0.4, -0.2) is 76.4 Å². The number of carbonyl (C=O) groups is 5. The number of benzene rings is 1. The van der Waals surface area contributed by atoms with Crippen LogP contribution >= 0.6 is 0 Å². The molecule has 0 spiro atoms. The van der Waals surface area contributed by atoms with Gasteiger partial charge in [0, 0.05) is 23.7 Å². The SMILES string of the molecule is CC[C@@H]1CC(=O)[C@]1(C)NC(=O)[C@@H]1C[C@@H]2CN1C(=O)[C@H](C(C)(C)C)NC(=O)OCCCCCCc1cccc3[nH]c(cc13)C(=O)O2. The second kappa shape index (κ2) is 12.8. The molecule has 1 aromatic carbocycles. The maximum absolute atomic E-state index is 14.2. The van der Waals surface area contributed by atoms with Gasteiger partial charge in [-0.15, -0.1) is 0 Å². The Bertz CT molecular complexity index is 1480.